The van der Waals surface area contributed by atoms with Gasteiger partial charge in [-0.2, -0.15) is 0 Å². The van der Waals surface area contributed by atoms with Gasteiger partial charge in [0.15, 0.2) is 0 Å². The number of thiazole rings is 1. The maximum Gasteiger partial charge on any atom is 0.240 e. The molecule has 2 aromatic rings. The van der Waals surface area contributed by atoms with E-state index in [4.69, 9.17) is 0 Å². The van der Waals surface area contributed by atoms with Crippen molar-refractivity contribution in [1.29, 1.82) is 0 Å². The van der Waals surface area contributed by atoms with Crippen molar-refractivity contribution in [3.8, 4) is 0 Å². The molecule has 0 spiro atoms. The number of nitrogens with zero attached hydrogens (tertiary/aromatic N) is 1. The van der Waals surface area contributed by atoms with Gasteiger partial charge in [0.2, 0.25) is 10.0 Å². The summed E-state index contributed by atoms with van der Waals surface area (Å²) >= 11 is 1.56. The minimum atomic E-state index is -3.44. The first kappa shape index (κ1) is 15.0. The van der Waals surface area contributed by atoms with E-state index in [9.17, 15) is 8.42 Å². The SMILES string of the molecule is CNS(=O)(=O)c1cc(NC(C)c2cncs2)ccc1C. The van der Waals surface area contributed by atoms with Crippen LogP contribution < -0.4 is 10.0 Å². The van der Waals surface area contributed by atoms with Crippen LogP contribution in [-0.2, 0) is 10.0 Å². The van der Waals surface area contributed by atoms with Gasteiger partial charge < -0.3 is 5.32 Å². The van der Waals surface area contributed by atoms with E-state index < -0.39 is 10.0 Å². The molecule has 5 nitrogen and oxygen atoms in total. The molecule has 1 heterocycles. The van der Waals surface area contributed by atoms with E-state index in [1.165, 1.54) is 7.05 Å². The molecule has 0 saturated heterocycles. The summed E-state index contributed by atoms with van der Waals surface area (Å²) in [6.45, 7) is 3.79. The van der Waals surface area contributed by atoms with Crippen LogP contribution in [0.1, 0.15) is 23.4 Å². The maximum absolute atomic E-state index is 11.9. The topological polar surface area (TPSA) is 71.1 Å². The van der Waals surface area contributed by atoms with E-state index >= 15 is 0 Å². The smallest absolute Gasteiger partial charge is 0.240 e. The molecular formula is C13H17N3O2S2. The van der Waals surface area contributed by atoms with Crippen molar-refractivity contribution in [3.05, 3.63) is 40.3 Å². The van der Waals surface area contributed by atoms with Gasteiger partial charge in [0.1, 0.15) is 0 Å². The second-order valence-corrected chi connectivity index (χ2v) is 7.23. The van der Waals surface area contributed by atoms with Crippen molar-refractivity contribution < 1.29 is 8.42 Å². The minimum Gasteiger partial charge on any atom is -0.378 e. The molecular weight excluding hydrogens is 294 g/mol. The summed E-state index contributed by atoms with van der Waals surface area (Å²) in [5.74, 6) is 0. The molecule has 1 aromatic carbocycles. The van der Waals surface area contributed by atoms with Gasteiger partial charge in [-0.3, -0.25) is 4.98 Å². The Balaban J connectivity index is 2.28. The summed E-state index contributed by atoms with van der Waals surface area (Å²) in [5, 5.41) is 3.29. The standard InChI is InChI=1S/C13H17N3O2S2/c1-9-4-5-11(6-13(9)20(17,18)14-3)16-10(2)12-7-15-8-19-12/h4-8,10,14,16H,1-3H3. The zero-order valence-corrected chi connectivity index (χ0v) is 13.2. The highest BCUT2D eigenvalue weighted by Gasteiger charge is 2.16. The van der Waals surface area contributed by atoms with Gasteiger partial charge >= 0.3 is 0 Å². The first-order valence-corrected chi connectivity index (χ1v) is 8.49. The lowest BCUT2D eigenvalue weighted by Crippen LogP contribution is -2.20. The molecule has 0 aliphatic heterocycles. The molecule has 0 fully saturated rings. The highest BCUT2D eigenvalue weighted by Crippen LogP contribution is 2.25. The fourth-order valence-electron chi connectivity index (χ4n) is 1.85. The van der Waals surface area contributed by atoms with E-state index in [0.717, 1.165) is 16.1 Å². The lowest BCUT2D eigenvalue weighted by Gasteiger charge is -2.15. The summed E-state index contributed by atoms with van der Waals surface area (Å²) in [7, 11) is -2.03. The fraction of sp³-hybridized carbons (Fsp3) is 0.308. The Kier molecular flexibility index (Phi) is 4.42. The molecule has 0 bridgehead atoms. The zero-order valence-electron chi connectivity index (χ0n) is 11.5. The van der Waals surface area contributed by atoms with Crippen LogP contribution in [0.4, 0.5) is 5.69 Å². The van der Waals surface area contributed by atoms with Gasteiger partial charge in [0, 0.05) is 16.8 Å². The number of nitrogens with one attached hydrogen (secondary N) is 2. The summed E-state index contributed by atoms with van der Waals surface area (Å²) < 4.78 is 26.2. The van der Waals surface area contributed by atoms with Gasteiger partial charge in [-0.15, -0.1) is 11.3 Å². The largest absolute Gasteiger partial charge is 0.378 e. The third kappa shape index (κ3) is 3.17. The Labute approximate surface area is 123 Å². The number of benzene rings is 1. The highest BCUT2D eigenvalue weighted by molar-refractivity contribution is 7.89. The van der Waals surface area contributed by atoms with E-state index in [2.05, 4.69) is 15.0 Å². The number of rotatable bonds is 5. The molecule has 0 amide bonds. The molecule has 1 unspecified atom stereocenters. The van der Waals surface area contributed by atoms with Crippen LogP contribution in [0.3, 0.4) is 0 Å². The Morgan fingerprint density at radius 3 is 2.70 bits per heavy atom. The van der Waals surface area contributed by atoms with Crippen LogP contribution in [0.15, 0.2) is 34.8 Å². The molecule has 2 rings (SSSR count). The molecule has 7 heteroatoms. The van der Waals surface area contributed by atoms with Gasteiger partial charge in [0.25, 0.3) is 0 Å². The maximum atomic E-state index is 11.9. The van der Waals surface area contributed by atoms with Crippen LogP contribution in [-0.4, -0.2) is 20.4 Å². The lowest BCUT2D eigenvalue weighted by molar-refractivity contribution is 0.587. The molecule has 20 heavy (non-hydrogen) atoms. The van der Waals surface area contributed by atoms with E-state index in [1.807, 2.05) is 19.2 Å². The van der Waals surface area contributed by atoms with E-state index in [-0.39, 0.29) is 6.04 Å². The molecule has 108 valence electrons. The van der Waals surface area contributed by atoms with Crippen LogP contribution >= 0.6 is 11.3 Å². The summed E-state index contributed by atoms with van der Waals surface area (Å²) in [5.41, 5.74) is 3.26. The lowest BCUT2D eigenvalue weighted by atomic mass is 10.2. The van der Waals surface area contributed by atoms with Crippen LogP contribution in [0.2, 0.25) is 0 Å². The zero-order chi connectivity index (χ0) is 14.8. The van der Waals surface area contributed by atoms with Crippen molar-refractivity contribution in [2.24, 2.45) is 0 Å². The number of anilines is 1. The van der Waals surface area contributed by atoms with Crippen LogP contribution in [0.5, 0.6) is 0 Å². The second-order valence-electron chi connectivity index (χ2n) is 4.46. The molecule has 0 aliphatic carbocycles. The third-order valence-corrected chi connectivity index (χ3v) is 5.52. The monoisotopic (exact) mass is 311 g/mol. The van der Waals surface area contributed by atoms with E-state index in [0.29, 0.717) is 4.90 Å². The summed E-state index contributed by atoms with van der Waals surface area (Å²) in [6, 6.07) is 5.40. The predicted octanol–water partition coefficient (Wildman–Crippen LogP) is 2.53. The normalized spacial score (nSPS) is 13.2. The Morgan fingerprint density at radius 1 is 1.35 bits per heavy atom. The number of hydrogen-bond acceptors (Lipinski definition) is 5. The Bertz CT molecular complexity index is 682. The predicted molar refractivity (Wildman–Crippen MR) is 81.6 cm³/mol. The number of aromatic nitrogens is 1. The minimum absolute atomic E-state index is 0.0790. The third-order valence-electron chi connectivity index (χ3n) is 3.01. The molecule has 2 N–H and O–H groups in total. The molecule has 1 aromatic heterocycles. The molecule has 0 radical (unpaired) electrons. The van der Waals surface area contributed by atoms with Crippen molar-refractivity contribution in [2.45, 2.75) is 24.8 Å². The quantitative estimate of drug-likeness (QED) is 0.890. The van der Waals surface area contributed by atoms with Crippen molar-refractivity contribution >= 4 is 27.0 Å². The number of hydrogen-bond donors (Lipinski definition) is 2. The number of sulfonamides is 1. The summed E-state index contributed by atoms with van der Waals surface area (Å²) in [6.07, 6.45) is 1.81. The van der Waals surface area contributed by atoms with Crippen molar-refractivity contribution in [1.82, 2.24) is 9.71 Å². The molecule has 0 aliphatic rings. The average molecular weight is 311 g/mol. The van der Waals surface area contributed by atoms with Gasteiger partial charge in [-0.1, -0.05) is 6.07 Å². The summed E-state index contributed by atoms with van der Waals surface area (Å²) in [4.78, 5) is 5.44. The molecule has 1 atom stereocenters. The number of aryl methyl sites for hydroxylation is 1. The fourth-order valence-corrected chi connectivity index (χ4v) is 3.47. The molecule has 0 saturated carbocycles. The second kappa shape index (κ2) is 5.90. The Hall–Kier alpha value is -1.44. The van der Waals surface area contributed by atoms with E-state index in [1.54, 1.807) is 35.9 Å². The Morgan fingerprint density at radius 2 is 2.10 bits per heavy atom. The highest BCUT2D eigenvalue weighted by atomic mass is 32.2. The average Bonchev–Trinajstić information content (AvgIpc) is 2.95. The first-order valence-electron chi connectivity index (χ1n) is 6.13. The first-order chi connectivity index (χ1) is 9.44. The van der Waals surface area contributed by atoms with Crippen LogP contribution in [0, 0.1) is 6.92 Å². The van der Waals surface area contributed by atoms with Gasteiger partial charge in [-0.05, 0) is 38.6 Å². The van der Waals surface area contributed by atoms with Crippen molar-refractivity contribution in [2.75, 3.05) is 12.4 Å². The van der Waals surface area contributed by atoms with Crippen LogP contribution in [0.25, 0.3) is 0 Å². The van der Waals surface area contributed by atoms with Gasteiger partial charge in [0.05, 0.1) is 16.4 Å². The van der Waals surface area contributed by atoms with Crippen molar-refractivity contribution in [3.63, 3.8) is 0 Å². The van der Waals surface area contributed by atoms with Gasteiger partial charge in [-0.25, -0.2) is 13.1 Å².